The summed E-state index contributed by atoms with van der Waals surface area (Å²) < 4.78 is 1.01. The molecule has 1 amide bonds. The van der Waals surface area contributed by atoms with E-state index in [1.54, 1.807) is 17.5 Å². The zero-order valence-electron chi connectivity index (χ0n) is 10.1. The van der Waals surface area contributed by atoms with Gasteiger partial charge in [0.25, 0.3) is 5.91 Å². The molecule has 2 heterocycles. The maximum atomic E-state index is 11.9. The van der Waals surface area contributed by atoms with Crippen molar-refractivity contribution in [3.63, 3.8) is 0 Å². The maximum Gasteiger partial charge on any atom is 0.261 e. The summed E-state index contributed by atoms with van der Waals surface area (Å²) in [6.07, 6.45) is 1.79. The number of nitrogens with one attached hydrogen (secondary N) is 1. The summed E-state index contributed by atoms with van der Waals surface area (Å²) in [5.41, 5.74) is 1.10. The second kappa shape index (κ2) is 5.95. The number of thiazole rings is 1. The molecule has 1 N–H and O–H groups in total. The quantitative estimate of drug-likeness (QED) is 0.916. The minimum atomic E-state index is -0.0165. The molecule has 0 aliphatic rings. The van der Waals surface area contributed by atoms with Crippen LogP contribution in [0, 0.1) is 6.92 Å². The van der Waals surface area contributed by atoms with Crippen LogP contribution in [0.2, 0.25) is 0 Å². The molecular weight excluding hydrogens is 332 g/mol. The van der Waals surface area contributed by atoms with E-state index in [2.05, 4.69) is 33.2 Å². The van der Waals surface area contributed by atoms with Crippen LogP contribution in [-0.2, 0) is 0 Å². The van der Waals surface area contributed by atoms with Crippen molar-refractivity contribution in [1.29, 1.82) is 0 Å². The normalized spacial score (nSPS) is 12.4. The molecule has 0 spiro atoms. The number of carbonyl (C=O) groups excluding carboxylic acids is 1. The Morgan fingerprint density at radius 1 is 1.61 bits per heavy atom. The van der Waals surface area contributed by atoms with E-state index >= 15 is 0 Å². The first-order valence-corrected chi connectivity index (χ1v) is 8.00. The van der Waals surface area contributed by atoms with Crippen molar-refractivity contribution in [3.05, 3.63) is 36.9 Å². The fourth-order valence-corrected chi connectivity index (χ4v) is 3.62. The Morgan fingerprint density at radius 2 is 2.39 bits per heavy atom. The van der Waals surface area contributed by atoms with E-state index in [0.29, 0.717) is 6.54 Å². The predicted octanol–water partition coefficient (Wildman–Crippen LogP) is 3.81. The van der Waals surface area contributed by atoms with Crippen molar-refractivity contribution >= 4 is 44.5 Å². The number of amides is 1. The molecular formula is C12H13BrN2OS2. The number of rotatable bonds is 4. The van der Waals surface area contributed by atoms with Crippen LogP contribution >= 0.6 is 38.6 Å². The molecule has 18 heavy (non-hydrogen) atoms. The number of halogens is 1. The van der Waals surface area contributed by atoms with Crippen LogP contribution in [0.1, 0.15) is 33.1 Å². The van der Waals surface area contributed by atoms with Crippen molar-refractivity contribution in [3.8, 4) is 0 Å². The molecule has 0 bridgehead atoms. The SMILES string of the molecule is Cc1cc(C(=O)NCC(C)c2nccs2)sc1Br. The highest BCUT2D eigenvalue weighted by Gasteiger charge is 2.13. The fourth-order valence-electron chi connectivity index (χ4n) is 1.47. The molecule has 1 unspecified atom stereocenters. The first-order chi connectivity index (χ1) is 8.58. The van der Waals surface area contributed by atoms with E-state index in [-0.39, 0.29) is 11.8 Å². The molecule has 0 saturated carbocycles. The number of nitrogens with zero attached hydrogens (tertiary/aromatic N) is 1. The topological polar surface area (TPSA) is 42.0 Å². The number of aromatic nitrogens is 1. The summed E-state index contributed by atoms with van der Waals surface area (Å²) in [7, 11) is 0. The highest BCUT2D eigenvalue weighted by atomic mass is 79.9. The smallest absolute Gasteiger partial charge is 0.261 e. The van der Waals surface area contributed by atoms with E-state index in [0.717, 1.165) is 19.2 Å². The lowest BCUT2D eigenvalue weighted by atomic mass is 10.2. The van der Waals surface area contributed by atoms with E-state index in [9.17, 15) is 4.79 Å². The van der Waals surface area contributed by atoms with Crippen LogP contribution in [0.25, 0.3) is 0 Å². The van der Waals surface area contributed by atoms with Crippen molar-refractivity contribution in [2.24, 2.45) is 0 Å². The van der Waals surface area contributed by atoms with Gasteiger partial charge in [0.15, 0.2) is 0 Å². The zero-order chi connectivity index (χ0) is 13.1. The van der Waals surface area contributed by atoms with E-state index in [4.69, 9.17) is 0 Å². The molecule has 0 aliphatic heterocycles. The summed E-state index contributed by atoms with van der Waals surface area (Å²) >= 11 is 6.51. The predicted molar refractivity (Wildman–Crippen MR) is 79.6 cm³/mol. The molecule has 1 atom stereocenters. The third-order valence-electron chi connectivity index (χ3n) is 2.52. The summed E-state index contributed by atoms with van der Waals surface area (Å²) in [6, 6.07) is 1.90. The number of hydrogen-bond acceptors (Lipinski definition) is 4. The lowest BCUT2D eigenvalue weighted by Crippen LogP contribution is -2.26. The van der Waals surface area contributed by atoms with Gasteiger partial charge in [-0.3, -0.25) is 4.79 Å². The van der Waals surface area contributed by atoms with Crippen molar-refractivity contribution in [2.45, 2.75) is 19.8 Å². The molecule has 0 aliphatic carbocycles. The highest BCUT2D eigenvalue weighted by molar-refractivity contribution is 9.11. The van der Waals surface area contributed by atoms with Crippen LogP contribution in [0.3, 0.4) is 0 Å². The van der Waals surface area contributed by atoms with Crippen molar-refractivity contribution < 1.29 is 4.79 Å². The summed E-state index contributed by atoms with van der Waals surface area (Å²) in [5, 5.41) is 5.95. The third-order valence-corrected chi connectivity index (χ3v) is 5.67. The molecule has 0 saturated heterocycles. The lowest BCUT2D eigenvalue weighted by molar-refractivity contribution is 0.0955. The van der Waals surface area contributed by atoms with Gasteiger partial charge in [0.1, 0.15) is 0 Å². The van der Waals surface area contributed by atoms with Crippen LogP contribution in [0.15, 0.2) is 21.4 Å². The van der Waals surface area contributed by atoms with Crippen molar-refractivity contribution in [1.82, 2.24) is 10.3 Å². The average molecular weight is 345 g/mol. The van der Waals surface area contributed by atoms with E-state index < -0.39 is 0 Å². The molecule has 0 fully saturated rings. The molecule has 2 aromatic heterocycles. The van der Waals surface area contributed by atoms with Crippen LogP contribution in [-0.4, -0.2) is 17.4 Å². The van der Waals surface area contributed by atoms with Gasteiger partial charge >= 0.3 is 0 Å². The fraction of sp³-hybridized carbons (Fsp3) is 0.333. The Hall–Kier alpha value is -0.720. The van der Waals surface area contributed by atoms with Crippen LogP contribution in [0.4, 0.5) is 0 Å². The Balaban J connectivity index is 1.92. The van der Waals surface area contributed by atoms with Gasteiger partial charge in [0, 0.05) is 24.0 Å². The first kappa shape index (κ1) is 13.7. The lowest BCUT2D eigenvalue weighted by Gasteiger charge is -2.09. The molecule has 6 heteroatoms. The van der Waals surface area contributed by atoms with Gasteiger partial charge in [-0.25, -0.2) is 4.98 Å². The van der Waals surface area contributed by atoms with E-state index in [1.807, 2.05) is 18.4 Å². The number of thiophene rings is 1. The van der Waals surface area contributed by atoms with Crippen molar-refractivity contribution in [2.75, 3.05) is 6.54 Å². The second-order valence-electron chi connectivity index (χ2n) is 4.05. The molecule has 96 valence electrons. The first-order valence-electron chi connectivity index (χ1n) is 5.51. The standard InChI is InChI=1S/C12H13BrN2OS2/c1-7-5-9(18-10(7)13)11(16)15-6-8(2)12-14-3-4-17-12/h3-5,8H,6H2,1-2H3,(H,15,16). The number of hydrogen-bond donors (Lipinski definition) is 1. The van der Waals surface area contributed by atoms with Gasteiger partial charge in [-0.1, -0.05) is 6.92 Å². The minimum absolute atomic E-state index is 0.0165. The third kappa shape index (κ3) is 3.18. The van der Waals surface area contributed by atoms with Gasteiger partial charge < -0.3 is 5.32 Å². The second-order valence-corrected chi connectivity index (χ2v) is 7.35. The summed E-state index contributed by atoms with van der Waals surface area (Å²) in [4.78, 5) is 16.9. The average Bonchev–Trinajstić information content (AvgIpc) is 2.97. The highest BCUT2D eigenvalue weighted by Crippen LogP contribution is 2.27. The van der Waals surface area contributed by atoms with Gasteiger partial charge in [-0.05, 0) is 34.5 Å². The number of carbonyl (C=O) groups is 1. The van der Waals surface area contributed by atoms with Crippen LogP contribution < -0.4 is 5.32 Å². The van der Waals surface area contributed by atoms with Gasteiger partial charge in [-0.2, -0.15) is 0 Å². The van der Waals surface area contributed by atoms with Gasteiger partial charge in [0.05, 0.1) is 13.7 Å². The largest absolute Gasteiger partial charge is 0.351 e. The van der Waals surface area contributed by atoms with Gasteiger partial charge in [-0.15, -0.1) is 22.7 Å². The molecule has 0 radical (unpaired) electrons. The molecule has 2 rings (SSSR count). The maximum absolute atomic E-state index is 11.9. The Kier molecular flexibility index (Phi) is 4.53. The minimum Gasteiger partial charge on any atom is -0.351 e. The van der Waals surface area contributed by atoms with Crippen LogP contribution in [0.5, 0.6) is 0 Å². The summed E-state index contributed by atoms with van der Waals surface area (Å²) in [5.74, 6) is 0.232. The Labute approximate surface area is 122 Å². The molecule has 0 aromatic carbocycles. The molecule has 3 nitrogen and oxygen atoms in total. The zero-order valence-corrected chi connectivity index (χ0v) is 13.3. The van der Waals surface area contributed by atoms with E-state index in [1.165, 1.54) is 11.3 Å². The van der Waals surface area contributed by atoms with Gasteiger partial charge in [0.2, 0.25) is 0 Å². The summed E-state index contributed by atoms with van der Waals surface area (Å²) in [6.45, 7) is 4.66. The Morgan fingerprint density at radius 3 is 2.94 bits per heavy atom. The number of aryl methyl sites for hydroxylation is 1. The monoisotopic (exact) mass is 344 g/mol. The Bertz CT molecular complexity index is 517. The molecule has 2 aromatic rings.